The molecule has 0 saturated carbocycles. The zero-order chi connectivity index (χ0) is 13.8. The molecule has 6 heteroatoms. The maximum absolute atomic E-state index is 4.98. The van der Waals surface area contributed by atoms with E-state index in [1.165, 1.54) is 6.20 Å². The highest BCUT2D eigenvalue weighted by Gasteiger charge is 2.09. The van der Waals surface area contributed by atoms with Crippen molar-refractivity contribution in [3.8, 4) is 5.88 Å². The molecule has 0 atom stereocenters. The minimum absolute atomic E-state index is 0.347. The summed E-state index contributed by atoms with van der Waals surface area (Å²) in [7, 11) is 1.58. The molecule has 1 aliphatic rings. The highest BCUT2D eigenvalue weighted by Crippen LogP contribution is 2.10. The van der Waals surface area contributed by atoms with Gasteiger partial charge in [0.1, 0.15) is 0 Å². The van der Waals surface area contributed by atoms with Crippen LogP contribution in [-0.2, 0) is 4.84 Å². The Bertz CT molecular complexity index is 380. The van der Waals surface area contributed by atoms with Crippen molar-refractivity contribution in [2.75, 3.05) is 13.8 Å². The van der Waals surface area contributed by atoms with Crippen LogP contribution >= 0.6 is 0 Å². The smallest absolute Gasteiger partial charge is 0.213 e. The molecule has 0 unspecified atom stereocenters. The highest BCUT2D eigenvalue weighted by atomic mass is 16.7. The molecule has 0 aromatic carbocycles. The molecular weight excluding hydrogens is 232 g/mol. The second-order valence-electron chi connectivity index (χ2n) is 2.70. The summed E-state index contributed by atoms with van der Waals surface area (Å²) in [5, 5.41) is 0. The van der Waals surface area contributed by atoms with E-state index in [0.29, 0.717) is 18.4 Å². The first-order chi connectivity index (χ1) is 8.81. The van der Waals surface area contributed by atoms with Gasteiger partial charge in [-0.3, -0.25) is 4.84 Å². The lowest BCUT2D eigenvalue weighted by Gasteiger charge is -2.02. The van der Waals surface area contributed by atoms with E-state index in [0.717, 1.165) is 5.56 Å². The van der Waals surface area contributed by atoms with Crippen LogP contribution in [0.5, 0.6) is 5.88 Å². The van der Waals surface area contributed by atoms with Crippen LogP contribution in [0.25, 0.3) is 0 Å². The van der Waals surface area contributed by atoms with Crippen LogP contribution in [0.1, 0.15) is 19.4 Å². The molecule has 0 aliphatic carbocycles. The van der Waals surface area contributed by atoms with Crippen LogP contribution in [0.15, 0.2) is 36.1 Å². The Morgan fingerprint density at radius 1 is 1.56 bits per heavy atom. The van der Waals surface area contributed by atoms with E-state index < -0.39 is 0 Å². The molecule has 100 valence electrons. The number of nitrogens with two attached hydrogens (primary N) is 1. The fourth-order valence-electron chi connectivity index (χ4n) is 1.05. The first kappa shape index (κ1) is 15.9. The van der Waals surface area contributed by atoms with Crippen molar-refractivity contribution in [3.63, 3.8) is 0 Å². The highest BCUT2D eigenvalue weighted by molar-refractivity contribution is 5.98. The molecule has 0 bridgehead atoms. The van der Waals surface area contributed by atoms with Gasteiger partial charge in [0.15, 0.2) is 12.6 Å². The van der Waals surface area contributed by atoms with Crippen LogP contribution in [0.3, 0.4) is 0 Å². The van der Waals surface area contributed by atoms with Gasteiger partial charge in [0, 0.05) is 17.8 Å². The molecule has 1 aromatic rings. The molecule has 6 nitrogen and oxygen atoms in total. The monoisotopic (exact) mass is 252 g/mol. The lowest BCUT2D eigenvalue weighted by molar-refractivity contribution is 0.115. The number of nitrogens with zero attached hydrogens (tertiary/aromatic N) is 2. The van der Waals surface area contributed by atoms with Crippen molar-refractivity contribution in [1.29, 1.82) is 0 Å². The maximum Gasteiger partial charge on any atom is 0.213 e. The Balaban J connectivity index is 0.000000509. The third kappa shape index (κ3) is 5.31. The van der Waals surface area contributed by atoms with E-state index in [9.17, 15) is 0 Å². The molecule has 0 amide bonds. The molecule has 2 rings (SSSR count). The van der Waals surface area contributed by atoms with Crippen LogP contribution in [0.4, 0.5) is 0 Å². The van der Waals surface area contributed by atoms with Gasteiger partial charge < -0.3 is 10.5 Å². The number of amidine groups is 1. The number of pyridine rings is 1. The zero-order valence-corrected chi connectivity index (χ0v) is 11.0. The SMILES string of the molecule is C=CN.CC.COc1cc(C2=NCON2)ccn1. The summed E-state index contributed by atoms with van der Waals surface area (Å²) >= 11 is 0. The predicted octanol–water partition coefficient (Wildman–Crippen LogP) is 1.44. The first-order valence-corrected chi connectivity index (χ1v) is 5.57. The molecule has 18 heavy (non-hydrogen) atoms. The Kier molecular flexibility index (Phi) is 8.93. The minimum atomic E-state index is 0.347. The molecular formula is C12H20N4O2. The van der Waals surface area contributed by atoms with E-state index in [2.05, 4.69) is 27.8 Å². The number of hydrogen-bond donors (Lipinski definition) is 2. The lowest BCUT2D eigenvalue weighted by Crippen LogP contribution is -2.17. The Hall–Kier alpha value is -2.08. The summed E-state index contributed by atoms with van der Waals surface area (Å²) in [5.74, 6) is 1.27. The second-order valence-corrected chi connectivity index (χ2v) is 2.70. The van der Waals surface area contributed by atoms with Gasteiger partial charge in [-0.15, -0.1) is 0 Å². The lowest BCUT2D eigenvalue weighted by atomic mass is 10.2. The summed E-state index contributed by atoms with van der Waals surface area (Å²) in [6, 6.07) is 3.63. The number of aromatic nitrogens is 1. The molecule has 0 radical (unpaired) electrons. The third-order valence-electron chi connectivity index (χ3n) is 1.67. The number of nitrogens with one attached hydrogen (secondary N) is 1. The second kappa shape index (κ2) is 10.1. The topological polar surface area (TPSA) is 81.8 Å². The van der Waals surface area contributed by atoms with Gasteiger partial charge in [0.2, 0.25) is 5.88 Å². The fraction of sp³-hybridized carbons (Fsp3) is 0.333. The zero-order valence-electron chi connectivity index (χ0n) is 11.0. The maximum atomic E-state index is 4.98. The van der Waals surface area contributed by atoms with Gasteiger partial charge in [-0.25, -0.2) is 15.5 Å². The molecule has 2 heterocycles. The fourth-order valence-corrected chi connectivity index (χ4v) is 1.05. The van der Waals surface area contributed by atoms with E-state index >= 15 is 0 Å². The number of hydroxylamine groups is 1. The van der Waals surface area contributed by atoms with Gasteiger partial charge in [0.25, 0.3) is 0 Å². The largest absolute Gasteiger partial charge is 0.481 e. The Labute approximate surface area is 107 Å². The number of rotatable bonds is 2. The summed E-state index contributed by atoms with van der Waals surface area (Å²) in [6.07, 6.45) is 2.91. The summed E-state index contributed by atoms with van der Waals surface area (Å²) in [4.78, 5) is 12.9. The minimum Gasteiger partial charge on any atom is -0.481 e. The third-order valence-corrected chi connectivity index (χ3v) is 1.67. The van der Waals surface area contributed by atoms with Crippen molar-refractivity contribution >= 4 is 5.84 Å². The van der Waals surface area contributed by atoms with Crippen molar-refractivity contribution < 1.29 is 9.57 Å². The Morgan fingerprint density at radius 3 is 2.72 bits per heavy atom. The van der Waals surface area contributed by atoms with Crippen LogP contribution < -0.4 is 16.0 Å². The van der Waals surface area contributed by atoms with E-state index in [-0.39, 0.29) is 0 Å². The van der Waals surface area contributed by atoms with Crippen molar-refractivity contribution in [3.05, 3.63) is 36.7 Å². The van der Waals surface area contributed by atoms with E-state index in [4.69, 9.17) is 9.57 Å². The van der Waals surface area contributed by atoms with Crippen molar-refractivity contribution in [2.24, 2.45) is 10.7 Å². The predicted molar refractivity (Wildman–Crippen MR) is 72.1 cm³/mol. The summed E-state index contributed by atoms with van der Waals surface area (Å²) < 4.78 is 4.98. The van der Waals surface area contributed by atoms with Crippen LogP contribution in [-0.4, -0.2) is 24.7 Å². The normalized spacial score (nSPS) is 11.8. The molecule has 3 N–H and O–H groups in total. The molecule has 0 fully saturated rings. The number of aliphatic imine (C=N–C) groups is 1. The first-order valence-electron chi connectivity index (χ1n) is 5.57. The van der Waals surface area contributed by atoms with Gasteiger partial charge in [-0.2, -0.15) is 0 Å². The van der Waals surface area contributed by atoms with E-state index in [1.807, 2.05) is 19.9 Å². The van der Waals surface area contributed by atoms with Gasteiger partial charge >= 0.3 is 0 Å². The molecule has 1 aliphatic heterocycles. The van der Waals surface area contributed by atoms with Gasteiger partial charge in [-0.1, -0.05) is 20.4 Å². The number of methoxy groups -OCH3 is 1. The van der Waals surface area contributed by atoms with Crippen molar-refractivity contribution in [1.82, 2.24) is 10.5 Å². The number of hydrogen-bond acceptors (Lipinski definition) is 6. The molecule has 0 spiro atoms. The molecule has 1 aromatic heterocycles. The standard InChI is InChI=1S/C8H9N3O2.C2H5N.C2H6/c1-12-7-4-6(2-3-9-7)8-10-5-13-11-8;1-2-3;1-2/h2-4H,5H2,1H3,(H,10,11);2H,1,3H2;1-2H3. The van der Waals surface area contributed by atoms with Crippen molar-refractivity contribution in [2.45, 2.75) is 13.8 Å². The Morgan fingerprint density at radius 2 is 2.22 bits per heavy atom. The number of ether oxygens (including phenoxy) is 1. The summed E-state index contributed by atoms with van der Waals surface area (Å²) in [6.45, 7) is 7.49. The quantitative estimate of drug-likeness (QED) is 0.832. The average molecular weight is 252 g/mol. The van der Waals surface area contributed by atoms with Crippen LogP contribution in [0.2, 0.25) is 0 Å². The summed E-state index contributed by atoms with van der Waals surface area (Å²) in [5.41, 5.74) is 8.21. The van der Waals surface area contributed by atoms with Gasteiger partial charge in [-0.05, 0) is 12.3 Å². The van der Waals surface area contributed by atoms with Gasteiger partial charge in [0.05, 0.1) is 7.11 Å². The van der Waals surface area contributed by atoms with Crippen LogP contribution in [0, 0.1) is 0 Å². The molecule has 0 saturated heterocycles. The average Bonchev–Trinajstić information content (AvgIpc) is 2.96. The van der Waals surface area contributed by atoms with E-state index in [1.54, 1.807) is 19.4 Å².